The van der Waals surface area contributed by atoms with E-state index in [2.05, 4.69) is 51.7 Å². The molecule has 0 fully saturated rings. The minimum atomic E-state index is 0. The highest BCUT2D eigenvalue weighted by Crippen LogP contribution is 2.33. The number of benzene rings is 2. The van der Waals surface area contributed by atoms with Crippen molar-refractivity contribution in [2.24, 2.45) is 0 Å². The number of halogens is 1. The molecule has 0 aliphatic carbocycles. The molecule has 0 unspecified atom stereocenters. The minimum absolute atomic E-state index is 0. The lowest BCUT2D eigenvalue weighted by Gasteiger charge is -2.13. The number of aromatic nitrogens is 2. The van der Waals surface area contributed by atoms with Gasteiger partial charge in [-0.1, -0.05) is 60.7 Å². The van der Waals surface area contributed by atoms with E-state index in [1.165, 1.54) is 5.56 Å². The number of hydrogen-bond acceptors (Lipinski definition) is 6. The van der Waals surface area contributed by atoms with Gasteiger partial charge in [-0.3, -0.25) is 0 Å². The van der Waals surface area contributed by atoms with Crippen molar-refractivity contribution in [1.82, 2.24) is 9.97 Å². The predicted octanol–water partition coefficient (Wildman–Crippen LogP) is 6.88. The zero-order valence-electron chi connectivity index (χ0n) is 16.4. The monoisotopic (exact) mass is 455 g/mol. The quantitative estimate of drug-likeness (QED) is 0.293. The molecule has 2 aromatic heterocycles. The van der Waals surface area contributed by atoms with Crippen molar-refractivity contribution in [2.45, 2.75) is 24.2 Å². The van der Waals surface area contributed by atoms with Crippen LogP contribution in [0.1, 0.15) is 16.8 Å². The molecule has 2 heterocycles. The van der Waals surface area contributed by atoms with Crippen molar-refractivity contribution in [1.29, 1.82) is 0 Å². The van der Waals surface area contributed by atoms with Gasteiger partial charge in [0.15, 0.2) is 16.7 Å². The van der Waals surface area contributed by atoms with E-state index < -0.39 is 0 Å². The van der Waals surface area contributed by atoms with Crippen LogP contribution in [0, 0.1) is 6.92 Å². The Balaban J connectivity index is 0.00000256. The molecule has 0 saturated heterocycles. The van der Waals surface area contributed by atoms with Crippen LogP contribution in [-0.2, 0) is 12.4 Å². The number of nitrogens with one attached hydrogen (secondary N) is 1. The standard InChI is InChI=1S/C23H21N3OS2.ClH/c1-17-15-29-23(25-17)26-22-21(27-14-18-8-4-2-5-9-18)12-20(13-24-22)28-16-19-10-6-3-7-11-19;/h2-13,15H,14,16H2,1H3,(H,24,25,26);1H. The summed E-state index contributed by atoms with van der Waals surface area (Å²) in [4.78, 5) is 10.2. The summed E-state index contributed by atoms with van der Waals surface area (Å²) in [5.74, 6) is 2.29. The third-order valence-electron chi connectivity index (χ3n) is 4.16. The second kappa shape index (κ2) is 11.0. The van der Waals surface area contributed by atoms with E-state index in [1.807, 2.05) is 48.8 Å². The fourth-order valence-corrected chi connectivity index (χ4v) is 4.23. The van der Waals surface area contributed by atoms with Gasteiger partial charge in [-0.25, -0.2) is 9.97 Å². The van der Waals surface area contributed by atoms with Crippen molar-refractivity contribution in [3.05, 3.63) is 95.1 Å². The van der Waals surface area contributed by atoms with Crippen molar-refractivity contribution in [2.75, 3.05) is 5.32 Å². The summed E-state index contributed by atoms with van der Waals surface area (Å²) in [6.07, 6.45) is 1.88. The van der Waals surface area contributed by atoms with E-state index >= 15 is 0 Å². The summed E-state index contributed by atoms with van der Waals surface area (Å²) in [6, 6.07) is 22.6. The van der Waals surface area contributed by atoms with E-state index in [9.17, 15) is 0 Å². The maximum Gasteiger partial charge on any atom is 0.188 e. The topological polar surface area (TPSA) is 47.0 Å². The number of aryl methyl sites for hydroxylation is 1. The molecule has 154 valence electrons. The van der Waals surface area contributed by atoms with E-state index in [0.29, 0.717) is 12.4 Å². The van der Waals surface area contributed by atoms with Gasteiger partial charge in [0.2, 0.25) is 0 Å². The van der Waals surface area contributed by atoms with Crippen LogP contribution in [0.2, 0.25) is 0 Å². The number of thioether (sulfide) groups is 1. The lowest BCUT2D eigenvalue weighted by atomic mass is 10.2. The SMILES string of the molecule is Cc1csc(Nc2ncc(SCc3ccccc3)cc2OCc2ccccc2)n1.Cl. The zero-order chi connectivity index (χ0) is 19.9. The van der Waals surface area contributed by atoms with Crippen LogP contribution in [0.15, 0.2) is 83.2 Å². The van der Waals surface area contributed by atoms with Gasteiger partial charge in [0.1, 0.15) is 6.61 Å². The second-order valence-electron chi connectivity index (χ2n) is 6.49. The fraction of sp³-hybridized carbons (Fsp3) is 0.130. The number of anilines is 2. The first-order chi connectivity index (χ1) is 14.3. The lowest BCUT2D eigenvalue weighted by Crippen LogP contribution is -2.01. The van der Waals surface area contributed by atoms with Crippen LogP contribution < -0.4 is 10.1 Å². The number of rotatable bonds is 8. The zero-order valence-corrected chi connectivity index (χ0v) is 18.9. The van der Waals surface area contributed by atoms with Crippen molar-refractivity contribution in [3.8, 4) is 5.75 Å². The summed E-state index contributed by atoms with van der Waals surface area (Å²) in [7, 11) is 0. The third-order valence-corrected chi connectivity index (χ3v) is 6.07. The summed E-state index contributed by atoms with van der Waals surface area (Å²) in [5, 5.41) is 6.11. The molecular weight excluding hydrogens is 434 g/mol. The average Bonchev–Trinajstić information content (AvgIpc) is 3.18. The van der Waals surface area contributed by atoms with Crippen LogP contribution in [0.4, 0.5) is 10.9 Å². The molecule has 2 aromatic carbocycles. The molecule has 0 aliphatic heterocycles. The molecule has 4 nitrogen and oxygen atoms in total. The molecule has 4 rings (SSSR count). The second-order valence-corrected chi connectivity index (χ2v) is 8.39. The Morgan fingerprint density at radius 2 is 1.70 bits per heavy atom. The maximum atomic E-state index is 6.13. The first-order valence-electron chi connectivity index (χ1n) is 9.29. The molecule has 1 N–H and O–H groups in total. The van der Waals surface area contributed by atoms with E-state index in [1.54, 1.807) is 23.1 Å². The summed E-state index contributed by atoms with van der Waals surface area (Å²) < 4.78 is 6.13. The van der Waals surface area contributed by atoms with E-state index in [0.717, 1.165) is 32.8 Å². The number of hydrogen-bond donors (Lipinski definition) is 1. The number of thiazole rings is 1. The van der Waals surface area contributed by atoms with Crippen molar-refractivity contribution >= 4 is 46.5 Å². The normalized spacial score (nSPS) is 10.3. The lowest BCUT2D eigenvalue weighted by molar-refractivity contribution is 0.306. The van der Waals surface area contributed by atoms with Gasteiger partial charge in [-0.05, 0) is 24.1 Å². The Morgan fingerprint density at radius 1 is 1.00 bits per heavy atom. The summed E-state index contributed by atoms with van der Waals surface area (Å²) in [5.41, 5.74) is 3.38. The van der Waals surface area contributed by atoms with Gasteiger partial charge in [-0.2, -0.15) is 0 Å². The van der Waals surface area contributed by atoms with Crippen LogP contribution in [0.3, 0.4) is 0 Å². The molecule has 0 saturated carbocycles. The van der Waals surface area contributed by atoms with Crippen LogP contribution in [-0.4, -0.2) is 9.97 Å². The van der Waals surface area contributed by atoms with Crippen LogP contribution in [0.25, 0.3) is 0 Å². The van der Waals surface area contributed by atoms with Gasteiger partial charge in [-0.15, -0.1) is 35.5 Å². The Hall–Kier alpha value is -2.54. The molecule has 7 heteroatoms. The van der Waals surface area contributed by atoms with Crippen molar-refractivity contribution < 1.29 is 4.74 Å². The van der Waals surface area contributed by atoms with Gasteiger partial charge < -0.3 is 10.1 Å². The molecule has 0 atom stereocenters. The van der Waals surface area contributed by atoms with Gasteiger partial charge in [0, 0.05) is 22.2 Å². The Kier molecular flexibility index (Phi) is 8.13. The number of pyridine rings is 1. The van der Waals surface area contributed by atoms with Crippen LogP contribution >= 0.6 is 35.5 Å². The molecule has 0 aliphatic rings. The fourth-order valence-electron chi connectivity index (χ4n) is 2.70. The smallest absolute Gasteiger partial charge is 0.188 e. The third kappa shape index (κ3) is 6.23. The minimum Gasteiger partial charge on any atom is -0.485 e. The number of ether oxygens (including phenoxy) is 1. The molecule has 30 heavy (non-hydrogen) atoms. The van der Waals surface area contributed by atoms with E-state index in [-0.39, 0.29) is 12.4 Å². The van der Waals surface area contributed by atoms with Crippen LogP contribution in [0.5, 0.6) is 5.75 Å². The Labute approximate surface area is 191 Å². The summed E-state index contributed by atoms with van der Waals surface area (Å²) in [6.45, 7) is 2.46. The van der Waals surface area contributed by atoms with Gasteiger partial charge in [0.25, 0.3) is 0 Å². The molecule has 0 radical (unpaired) electrons. The highest BCUT2D eigenvalue weighted by molar-refractivity contribution is 7.98. The largest absolute Gasteiger partial charge is 0.485 e. The maximum absolute atomic E-state index is 6.13. The first-order valence-corrected chi connectivity index (χ1v) is 11.2. The summed E-state index contributed by atoms with van der Waals surface area (Å²) >= 11 is 3.30. The predicted molar refractivity (Wildman–Crippen MR) is 128 cm³/mol. The van der Waals surface area contributed by atoms with Gasteiger partial charge >= 0.3 is 0 Å². The highest BCUT2D eigenvalue weighted by Gasteiger charge is 2.11. The number of nitrogens with zero attached hydrogens (tertiary/aromatic N) is 2. The highest BCUT2D eigenvalue weighted by atomic mass is 35.5. The van der Waals surface area contributed by atoms with Gasteiger partial charge in [0.05, 0.1) is 5.69 Å². The first kappa shape index (κ1) is 22.2. The van der Waals surface area contributed by atoms with Crippen molar-refractivity contribution in [3.63, 3.8) is 0 Å². The molecule has 0 amide bonds. The average molecular weight is 456 g/mol. The molecular formula is C23H22ClN3OS2. The Bertz CT molecular complexity index is 1060. The molecule has 0 spiro atoms. The molecule has 4 aromatic rings. The Morgan fingerprint density at radius 3 is 2.37 bits per heavy atom. The van der Waals surface area contributed by atoms with E-state index in [4.69, 9.17) is 4.74 Å². The molecule has 0 bridgehead atoms.